The molecule has 146 valence electrons. The minimum absolute atomic E-state index is 0.0275. The smallest absolute Gasteiger partial charge is 0.234 e. The van der Waals surface area contributed by atoms with Gasteiger partial charge in [0.2, 0.25) is 11.8 Å². The highest BCUT2D eigenvalue weighted by Crippen LogP contribution is 2.38. The molecule has 0 saturated carbocycles. The van der Waals surface area contributed by atoms with E-state index in [-0.39, 0.29) is 18.2 Å². The van der Waals surface area contributed by atoms with Crippen molar-refractivity contribution in [1.82, 2.24) is 4.90 Å². The summed E-state index contributed by atoms with van der Waals surface area (Å²) < 4.78 is 5.71. The average molecular weight is 378 g/mol. The van der Waals surface area contributed by atoms with Crippen molar-refractivity contribution in [1.29, 1.82) is 0 Å². The van der Waals surface area contributed by atoms with Gasteiger partial charge in [0, 0.05) is 37.8 Å². The maximum Gasteiger partial charge on any atom is 0.234 e. The first kappa shape index (κ1) is 19.7. The first-order chi connectivity index (χ1) is 13.6. The molecular weight excluding hydrogens is 352 g/mol. The summed E-state index contributed by atoms with van der Waals surface area (Å²) in [5, 5.41) is 0. The van der Waals surface area contributed by atoms with E-state index in [1.54, 1.807) is 22.9 Å². The summed E-state index contributed by atoms with van der Waals surface area (Å²) in [6, 6.07) is 15.4. The zero-order valence-electron chi connectivity index (χ0n) is 16.4. The molecule has 1 aliphatic heterocycles. The lowest BCUT2D eigenvalue weighted by molar-refractivity contribution is -0.134. The van der Waals surface area contributed by atoms with Crippen molar-refractivity contribution in [2.75, 3.05) is 25.1 Å². The van der Waals surface area contributed by atoms with E-state index in [9.17, 15) is 9.59 Å². The number of nitrogens with zero attached hydrogens (tertiary/aromatic N) is 2. The SMILES string of the molecule is C=CCOc1ccccc1CN(CC)C(=O)C[C@@H]1C(=O)N(C)c2ccccc21. The highest BCUT2D eigenvalue weighted by Gasteiger charge is 2.36. The molecule has 0 fully saturated rings. The van der Waals surface area contributed by atoms with Gasteiger partial charge in [0.15, 0.2) is 0 Å². The van der Waals surface area contributed by atoms with E-state index < -0.39 is 5.92 Å². The fraction of sp³-hybridized carbons (Fsp3) is 0.304. The Morgan fingerprint density at radius 3 is 2.68 bits per heavy atom. The molecule has 0 unspecified atom stereocenters. The van der Waals surface area contributed by atoms with Gasteiger partial charge >= 0.3 is 0 Å². The van der Waals surface area contributed by atoms with E-state index in [0.717, 1.165) is 22.6 Å². The molecule has 0 radical (unpaired) electrons. The summed E-state index contributed by atoms with van der Waals surface area (Å²) in [7, 11) is 1.76. The maximum atomic E-state index is 13.0. The van der Waals surface area contributed by atoms with Crippen LogP contribution < -0.4 is 9.64 Å². The number of ether oxygens (including phenoxy) is 1. The molecule has 0 aromatic heterocycles. The summed E-state index contributed by atoms with van der Waals surface area (Å²) >= 11 is 0. The quantitative estimate of drug-likeness (QED) is 0.658. The van der Waals surface area contributed by atoms with Crippen LogP contribution in [0.2, 0.25) is 0 Å². The Kier molecular flexibility index (Phi) is 6.14. The summed E-state index contributed by atoms with van der Waals surface area (Å²) in [6.45, 7) is 7.04. The molecule has 0 N–H and O–H groups in total. The second-order valence-electron chi connectivity index (χ2n) is 6.83. The van der Waals surface area contributed by atoms with Crippen molar-refractivity contribution in [2.45, 2.75) is 25.8 Å². The molecule has 0 spiro atoms. The van der Waals surface area contributed by atoms with Gasteiger partial charge in [-0.25, -0.2) is 0 Å². The third kappa shape index (κ3) is 3.93. The predicted molar refractivity (Wildman–Crippen MR) is 110 cm³/mol. The summed E-state index contributed by atoms with van der Waals surface area (Å²) in [5.74, 6) is 0.260. The highest BCUT2D eigenvalue weighted by atomic mass is 16.5. The standard InChI is InChI=1S/C23H26N2O3/c1-4-14-28-21-13-9-6-10-17(21)16-25(5-2)22(26)15-19-18-11-7-8-12-20(18)24(3)23(19)27/h4,6-13,19H,1,5,14-16H2,2-3H3/t19-/m0/s1. The second-order valence-corrected chi connectivity index (χ2v) is 6.83. The van der Waals surface area contributed by atoms with Gasteiger partial charge in [-0.05, 0) is 24.6 Å². The molecule has 2 aromatic rings. The average Bonchev–Trinajstić information content (AvgIpc) is 2.96. The van der Waals surface area contributed by atoms with Crippen LogP contribution in [0, 0.1) is 0 Å². The molecule has 2 amide bonds. The number of hydrogen-bond donors (Lipinski definition) is 0. The van der Waals surface area contributed by atoms with Gasteiger partial charge in [-0.2, -0.15) is 0 Å². The van der Waals surface area contributed by atoms with Crippen LogP contribution in [-0.2, 0) is 16.1 Å². The van der Waals surface area contributed by atoms with Crippen molar-refractivity contribution in [3.05, 3.63) is 72.3 Å². The molecule has 3 rings (SSSR count). The third-order valence-corrected chi connectivity index (χ3v) is 5.11. The van der Waals surface area contributed by atoms with E-state index in [1.807, 2.05) is 55.5 Å². The van der Waals surface area contributed by atoms with Crippen LogP contribution in [-0.4, -0.2) is 36.9 Å². The van der Waals surface area contributed by atoms with Gasteiger partial charge in [-0.15, -0.1) is 0 Å². The molecule has 1 atom stereocenters. The van der Waals surface area contributed by atoms with Crippen molar-refractivity contribution in [3.63, 3.8) is 0 Å². The Bertz CT molecular complexity index is 878. The van der Waals surface area contributed by atoms with E-state index >= 15 is 0 Å². The number of hydrogen-bond acceptors (Lipinski definition) is 3. The largest absolute Gasteiger partial charge is 0.489 e. The third-order valence-electron chi connectivity index (χ3n) is 5.11. The van der Waals surface area contributed by atoms with Crippen LogP contribution in [0.3, 0.4) is 0 Å². The monoisotopic (exact) mass is 378 g/mol. The predicted octanol–water partition coefficient (Wildman–Crippen LogP) is 3.75. The van der Waals surface area contributed by atoms with Crippen LogP contribution in [0.15, 0.2) is 61.2 Å². The van der Waals surface area contributed by atoms with E-state index in [1.165, 1.54) is 0 Å². The number of para-hydroxylation sites is 2. The molecule has 0 bridgehead atoms. The van der Waals surface area contributed by atoms with Gasteiger partial charge < -0.3 is 14.5 Å². The topological polar surface area (TPSA) is 49.9 Å². The zero-order chi connectivity index (χ0) is 20.1. The molecule has 1 aliphatic rings. The Balaban J connectivity index is 1.75. The lowest BCUT2D eigenvalue weighted by Gasteiger charge is -2.23. The van der Waals surface area contributed by atoms with Crippen molar-refractivity contribution < 1.29 is 14.3 Å². The van der Waals surface area contributed by atoms with Gasteiger partial charge in [0.25, 0.3) is 0 Å². The Morgan fingerprint density at radius 2 is 1.93 bits per heavy atom. The van der Waals surface area contributed by atoms with E-state index in [2.05, 4.69) is 6.58 Å². The Labute approximate surface area is 166 Å². The molecular formula is C23H26N2O3. The van der Waals surface area contributed by atoms with Crippen LogP contribution >= 0.6 is 0 Å². The van der Waals surface area contributed by atoms with Crippen LogP contribution in [0.4, 0.5) is 5.69 Å². The second kappa shape index (κ2) is 8.74. The Hall–Kier alpha value is -3.08. The summed E-state index contributed by atoms with van der Waals surface area (Å²) in [4.78, 5) is 29.1. The summed E-state index contributed by atoms with van der Waals surface area (Å²) in [5.41, 5.74) is 2.75. The van der Waals surface area contributed by atoms with Gasteiger partial charge in [0.05, 0.1) is 5.92 Å². The molecule has 5 nitrogen and oxygen atoms in total. The fourth-order valence-electron chi connectivity index (χ4n) is 3.58. The molecule has 2 aromatic carbocycles. The first-order valence-corrected chi connectivity index (χ1v) is 9.52. The zero-order valence-corrected chi connectivity index (χ0v) is 16.4. The number of carbonyl (C=O) groups is 2. The molecule has 0 aliphatic carbocycles. The van der Waals surface area contributed by atoms with Crippen molar-refractivity contribution >= 4 is 17.5 Å². The van der Waals surface area contributed by atoms with Gasteiger partial charge in [0.1, 0.15) is 12.4 Å². The van der Waals surface area contributed by atoms with Crippen LogP contribution in [0.5, 0.6) is 5.75 Å². The maximum absolute atomic E-state index is 13.0. The lowest BCUT2D eigenvalue weighted by Crippen LogP contribution is -2.33. The minimum Gasteiger partial charge on any atom is -0.489 e. The summed E-state index contributed by atoms with van der Waals surface area (Å²) in [6.07, 6.45) is 1.86. The first-order valence-electron chi connectivity index (χ1n) is 9.52. The molecule has 5 heteroatoms. The number of amides is 2. The fourth-order valence-corrected chi connectivity index (χ4v) is 3.58. The van der Waals surface area contributed by atoms with Gasteiger partial charge in [-0.3, -0.25) is 9.59 Å². The minimum atomic E-state index is -0.421. The highest BCUT2D eigenvalue weighted by molar-refractivity contribution is 6.06. The van der Waals surface area contributed by atoms with Crippen molar-refractivity contribution in [2.24, 2.45) is 0 Å². The number of carbonyl (C=O) groups excluding carboxylic acids is 2. The van der Waals surface area contributed by atoms with Crippen molar-refractivity contribution in [3.8, 4) is 5.75 Å². The van der Waals surface area contributed by atoms with E-state index in [4.69, 9.17) is 4.74 Å². The van der Waals surface area contributed by atoms with Crippen LogP contribution in [0.25, 0.3) is 0 Å². The number of fused-ring (bicyclic) bond motifs is 1. The molecule has 0 saturated heterocycles. The molecule has 1 heterocycles. The lowest BCUT2D eigenvalue weighted by atomic mass is 9.96. The number of anilines is 1. The Morgan fingerprint density at radius 1 is 1.21 bits per heavy atom. The van der Waals surface area contributed by atoms with E-state index in [0.29, 0.717) is 19.7 Å². The van der Waals surface area contributed by atoms with Gasteiger partial charge in [-0.1, -0.05) is 49.1 Å². The molecule has 28 heavy (non-hydrogen) atoms. The number of rotatable bonds is 8. The van der Waals surface area contributed by atoms with Crippen LogP contribution in [0.1, 0.15) is 30.4 Å². The normalized spacial score (nSPS) is 15.3. The number of likely N-dealkylation sites (N-methyl/N-ethyl adjacent to an activating group) is 1. The number of benzene rings is 2.